The molecule has 4 N–H and O–H groups in total. The van der Waals surface area contributed by atoms with Gasteiger partial charge in [0.15, 0.2) is 0 Å². The third-order valence-electron chi connectivity index (χ3n) is 2.74. The summed E-state index contributed by atoms with van der Waals surface area (Å²) in [5.41, 5.74) is 5.40. The minimum atomic E-state index is -3.85. The van der Waals surface area contributed by atoms with Crippen LogP contribution in [0.4, 0.5) is 5.69 Å². The van der Waals surface area contributed by atoms with Gasteiger partial charge in [-0.3, -0.25) is 4.21 Å². The van der Waals surface area contributed by atoms with E-state index in [-0.39, 0.29) is 16.1 Å². The van der Waals surface area contributed by atoms with Crippen LogP contribution < -0.4 is 10.5 Å². The Labute approximate surface area is 126 Å². The molecule has 0 aliphatic rings. The fraction of sp³-hybridized carbons (Fsp3) is 0.417. The zero-order valence-corrected chi connectivity index (χ0v) is 13.3. The van der Waals surface area contributed by atoms with Crippen LogP contribution in [0.5, 0.6) is 0 Å². The van der Waals surface area contributed by atoms with Crippen molar-refractivity contribution >= 4 is 32.5 Å². The van der Waals surface area contributed by atoms with Crippen LogP contribution in [0.25, 0.3) is 0 Å². The van der Waals surface area contributed by atoms with Crippen LogP contribution in [-0.2, 0) is 20.8 Å². The van der Waals surface area contributed by atoms with E-state index >= 15 is 0 Å². The summed E-state index contributed by atoms with van der Waals surface area (Å²) >= 11 is 0. The van der Waals surface area contributed by atoms with E-state index in [1.807, 2.05) is 0 Å². The van der Waals surface area contributed by atoms with Crippen molar-refractivity contribution in [3.05, 3.63) is 23.8 Å². The number of rotatable bonds is 7. The van der Waals surface area contributed by atoms with Crippen LogP contribution in [0.1, 0.15) is 23.7 Å². The molecule has 9 heteroatoms. The number of carboxylic acid groups (broad SMARTS) is 1. The van der Waals surface area contributed by atoms with Gasteiger partial charge in [0, 0.05) is 28.9 Å². The molecule has 0 aliphatic heterocycles. The minimum Gasteiger partial charge on any atom is -0.478 e. The van der Waals surface area contributed by atoms with Crippen LogP contribution in [0.3, 0.4) is 0 Å². The summed E-state index contributed by atoms with van der Waals surface area (Å²) in [7, 11) is -4.84. The number of carboxylic acids is 1. The number of aromatic carboxylic acids is 1. The molecule has 1 aromatic carbocycles. The molecule has 0 heterocycles. The van der Waals surface area contributed by atoms with Crippen molar-refractivity contribution in [1.82, 2.24) is 4.72 Å². The zero-order chi connectivity index (χ0) is 16.2. The van der Waals surface area contributed by atoms with E-state index in [4.69, 9.17) is 10.8 Å². The van der Waals surface area contributed by atoms with Crippen molar-refractivity contribution in [3.63, 3.8) is 0 Å². The molecule has 0 spiro atoms. The standard InChI is InChI=1S/C12H18N2O5S2/c1-8(5-6-20(2)17)14-21(18,19)11-4-3-9(12(15)16)7-10(11)13/h3-4,7-8,14H,5-6,13H2,1-2H3,(H,15,16). The second-order valence-corrected chi connectivity index (χ2v) is 7.88. The van der Waals surface area contributed by atoms with Gasteiger partial charge in [-0.15, -0.1) is 0 Å². The maximum absolute atomic E-state index is 12.2. The van der Waals surface area contributed by atoms with Gasteiger partial charge in [0.1, 0.15) is 4.90 Å². The van der Waals surface area contributed by atoms with E-state index in [1.54, 1.807) is 13.2 Å². The van der Waals surface area contributed by atoms with E-state index in [0.29, 0.717) is 12.2 Å². The summed E-state index contributed by atoms with van der Waals surface area (Å²) in [4.78, 5) is 10.6. The first-order valence-electron chi connectivity index (χ1n) is 6.08. The summed E-state index contributed by atoms with van der Waals surface area (Å²) in [6.45, 7) is 1.66. The number of nitrogens with one attached hydrogen (secondary N) is 1. The van der Waals surface area contributed by atoms with Gasteiger partial charge in [0.2, 0.25) is 10.0 Å². The molecular formula is C12H18N2O5S2. The van der Waals surface area contributed by atoms with Gasteiger partial charge in [0.25, 0.3) is 0 Å². The van der Waals surface area contributed by atoms with Gasteiger partial charge >= 0.3 is 5.97 Å². The highest BCUT2D eigenvalue weighted by Crippen LogP contribution is 2.20. The number of anilines is 1. The number of nitrogen functional groups attached to an aromatic ring is 1. The van der Waals surface area contributed by atoms with Gasteiger partial charge in [0.05, 0.1) is 11.3 Å². The first-order valence-corrected chi connectivity index (χ1v) is 9.29. The molecule has 0 saturated heterocycles. The molecule has 2 unspecified atom stereocenters. The van der Waals surface area contributed by atoms with Gasteiger partial charge in [-0.25, -0.2) is 17.9 Å². The van der Waals surface area contributed by atoms with Crippen LogP contribution in [-0.4, -0.2) is 41.8 Å². The zero-order valence-electron chi connectivity index (χ0n) is 11.7. The third-order valence-corrected chi connectivity index (χ3v) is 5.22. The summed E-state index contributed by atoms with van der Waals surface area (Å²) in [5.74, 6) is -0.797. The predicted octanol–water partition coefficient (Wildman–Crippen LogP) is 0.402. The Hall–Kier alpha value is -1.45. The quantitative estimate of drug-likeness (QED) is 0.620. The lowest BCUT2D eigenvalue weighted by molar-refractivity contribution is 0.0697. The number of benzene rings is 1. The largest absolute Gasteiger partial charge is 0.478 e. The number of sulfonamides is 1. The van der Waals surface area contributed by atoms with E-state index in [1.165, 1.54) is 6.07 Å². The van der Waals surface area contributed by atoms with Crippen molar-refractivity contribution in [2.24, 2.45) is 0 Å². The monoisotopic (exact) mass is 334 g/mol. The first kappa shape index (κ1) is 17.6. The van der Waals surface area contributed by atoms with E-state index in [0.717, 1.165) is 12.1 Å². The van der Waals surface area contributed by atoms with Crippen molar-refractivity contribution < 1.29 is 22.5 Å². The van der Waals surface area contributed by atoms with Gasteiger partial charge in [-0.1, -0.05) is 0 Å². The van der Waals surface area contributed by atoms with Crippen molar-refractivity contribution in [3.8, 4) is 0 Å². The van der Waals surface area contributed by atoms with Crippen molar-refractivity contribution in [2.45, 2.75) is 24.3 Å². The van der Waals surface area contributed by atoms with E-state index < -0.39 is 32.8 Å². The molecule has 7 nitrogen and oxygen atoms in total. The molecule has 118 valence electrons. The molecule has 0 bridgehead atoms. The maximum Gasteiger partial charge on any atom is 0.335 e. The summed E-state index contributed by atoms with van der Waals surface area (Å²) in [5, 5.41) is 8.82. The van der Waals surface area contributed by atoms with E-state index in [2.05, 4.69) is 4.72 Å². The first-order chi connectivity index (χ1) is 9.63. The number of nitrogens with two attached hydrogens (primary N) is 1. The van der Waals surface area contributed by atoms with Crippen molar-refractivity contribution in [1.29, 1.82) is 0 Å². The second-order valence-electron chi connectivity index (χ2n) is 4.65. The van der Waals surface area contributed by atoms with Crippen LogP contribution in [0.2, 0.25) is 0 Å². The minimum absolute atomic E-state index is 0.0825. The van der Waals surface area contributed by atoms with Crippen molar-refractivity contribution in [2.75, 3.05) is 17.7 Å². The smallest absolute Gasteiger partial charge is 0.335 e. The van der Waals surface area contributed by atoms with Gasteiger partial charge < -0.3 is 10.8 Å². The molecule has 0 amide bonds. The van der Waals surface area contributed by atoms with Gasteiger partial charge in [-0.05, 0) is 31.5 Å². The molecule has 0 aromatic heterocycles. The molecule has 0 fully saturated rings. The fourth-order valence-electron chi connectivity index (χ4n) is 1.66. The van der Waals surface area contributed by atoms with Crippen LogP contribution in [0, 0.1) is 0 Å². The Morgan fingerprint density at radius 1 is 1.48 bits per heavy atom. The lowest BCUT2D eigenvalue weighted by Gasteiger charge is -2.15. The Morgan fingerprint density at radius 3 is 2.57 bits per heavy atom. The Balaban J connectivity index is 2.93. The topological polar surface area (TPSA) is 127 Å². The SMILES string of the molecule is CC(CCS(C)=O)NS(=O)(=O)c1ccc(C(=O)O)cc1N. The Kier molecular flexibility index (Phi) is 5.87. The summed E-state index contributed by atoms with van der Waals surface area (Å²) in [6, 6.07) is 3.03. The maximum atomic E-state index is 12.2. The lowest BCUT2D eigenvalue weighted by atomic mass is 10.2. The Bertz CT molecular complexity index is 658. The fourth-order valence-corrected chi connectivity index (χ4v) is 3.73. The molecule has 2 atom stereocenters. The highest BCUT2D eigenvalue weighted by atomic mass is 32.2. The van der Waals surface area contributed by atoms with Crippen LogP contribution in [0.15, 0.2) is 23.1 Å². The molecular weight excluding hydrogens is 316 g/mol. The lowest BCUT2D eigenvalue weighted by Crippen LogP contribution is -2.34. The number of carbonyl (C=O) groups is 1. The Morgan fingerprint density at radius 2 is 2.10 bits per heavy atom. The van der Waals surface area contributed by atoms with E-state index in [9.17, 15) is 17.4 Å². The molecule has 0 saturated carbocycles. The highest BCUT2D eigenvalue weighted by Gasteiger charge is 2.21. The normalized spacial score (nSPS) is 14.6. The number of hydrogen-bond donors (Lipinski definition) is 3. The number of hydrogen-bond acceptors (Lipinski definition) is 5. The average Bonchev–Trinajstić information content (AvgIpc) is 2.35. The third kappa shape index (κ3) is 5.10. The second kappa shape index (κ2) is 7.01. The molecule has 0 radical (unpaired) electrons. The average molecular weight is 334 g/mol. The van der Waals surface area contributed by atoms with Gasteiger partial charge in [-0.2, -0.15) is 0 Å². The molecule has 1 rings (SSSR count). The van der Waals surface area contributed by atoms with Crippen LogP contribution >= 0.6 is 0 Å². The molecule has 21 heavy (non-hydrogen) atoms. The summed E-state index contributed by atoms with van der Waals surface area (Å²) < 4.78 is 37.8. The summed E-state index contributed by atoms with van der Waals surface area (Å²) in [6.07, 6.45) is 1.97. The highest BCUT2D eigenvalue weighted by molar-refractivity contribution is 7.89. The predicted molar refractivity (Wildman–Crippen MR) is 81.1 cm³/mol. The molecule has 1 aromatic rings. The molecule has 0 aliphatic carbocycles.